The van der Waals surface area contributed by atoms with E-state index < -0.39 is 28.0 Å². The highest BCUT2D eigenvalue weighted by Gasteiger charge is 2.31. The molecule has 1 atom stereocenters. The number of benzene rings is 2. The molecule has 3 heterocycles. The SMILES string of the molecule is Cc1nc([C@@H](C)Nc2ncnc3c(S(=O)(=O)N4CCC(O)CC4)cc(-c4ccc(F)cc4)cc23)no1. The molecule has 1 aliphatic rings. The van der Waals surface area contributed by atoms with Gasteiger partial charge in [0, 0.05) is 25.4 Å². The predicted molar refractivity (Wildman–Crippen MR) is 130 cm³/mol. The summed E-state index contributed by atoms with van der Waals surface area (Å²) in [6, 6.07) is 8.76. The van der Waals surface area contributed by atoms with Gasteiger partial charge in [0.15, 0.2) is 5.82 Å². The van der Waals surface area contributed by atoms with Crippen LogP contribution < -0.4 is 5.32 Å². The molecule has 0 saturated carbocycles. The van der Waals surface area contributed by atoms with Crippen LogP contribution in [0.4, 0.5) is 10.2 Å². The minimum atomic E-state index is -3.95. The van der Waals surface area contributed by atoms with Gasteiger partial charge in [-0.15, -0.1) is 0 Å². The monoisotopic (exact) mass is 512 g/mol. The molecule has 12 heteroatoms. The third-order valence-corrected chi connectivity index (χ3v) is 8.12. The molecule has 0 radical (unpaired) electrons. The number of aliphatic hydroxyl groups excluding tert-OH is 1. The van der Waals surface area contributed by atoms with Crippen molar-refractivity contribution in [3.63, 3.8) is 0 Å². The first-order valence-corrected chi connectivity index (χ1v) is 13.0. The highest BCUT2D eigenvalue weighted by atomic mass is 32.2. The summed E-state index contributed by atoms with van der Waals surface area (Å²) in [7, 11) is -3.95. The Balaban J connectivity index is 1.66. The van der Waals surface area contributed by atoms with E-state index in [-0.39, 0.29) is 23.5 Å². The number of aryl methyl sites for hydroxylation is 1. The second kappa shape index (κ2) is 9.52. The summed E-state index contributed by atoms with van der Waals surface area (Å²) in [5.41, 5.74) is 1.46. The van der Waals surface area contributed by atoms with Crippen LogP contribution in [0.1, 0.15) is 37.5 Å². The summed E-state index contributed by atoms with van der Waals surface area (Å²) in [6.07, 6.45) is 1.50. The molecule has 2 N–H and O–H groups in total. The van der Waals surface area contributed by atoms with E-state index in [1.54, 1.807) is 31.2 Å². The van der Waals surface area contributed by atoms with E-state index >= 15 is 0 Å². The van der Waals surface area contributed by atoms with Crippen LogP contribution in [0.15, 0.2) is 52.1 Å². The van der Waals surface area contributed by atoms with Crippen LogP contribution in [0.2, 0.25) is 0 Å². The smallest absolute Gasteiger partial charge is 0.245 e. The van der Waals surface area contributed by atoms with Gasteiger partial charge in [-0.3, -0.25) is 0 Å². The second-order valence-electron chi connectivity index (χ2n) is 8.77. The quantitative estimate of drug-likeness (QED) is 0.398. The van der Waals surface area contributed by atoms with Crippen molar-refractivity contribution >= 4 is 26.7 Å². The fraction of sp³-hybridized carbons (Fsp3) is 0.333. The minimum Gasteiger partial charge on any atom is -0.393 e. The lowest BCUT2D eigenvalue weighted by Gasteiger charge is -2.29. The van der Waals surface area contributed by atoms with Gasteiger partial charge in [0.1, 0.15) is 22.9 Å². The molecule has 1 fully saturated rings. The first-order valence-electron chi connectivity index (χ1n) is 11.5. The average Bonchev–Trinajstić information content (AvgIpc) is 3.31. The third kappa shape index (κ3) is 4.66. The van der Waals surface area contributed by atoms with E-state index in [2.05, 4.69) is 25.4 Å². The van der Waals surface area contributed by atoms with Crippen LogP contribution in [0, 0.1) is 12.7 Å². The van der Waals surface area contributed by atoms with Crippen LogP contribution >= 0.6 is 0 Å². The number of fused-ring (bicyclic) bond motifs is 1. The van der Waals surface area contributed by atoms with Crippen LogP contribution in [0.25, 0.3) is 22.0 Å². The van der Waals surface area contributed by atoms with Gasteiger partial charge in [0.2, 0.25) is 15.9 Å². The molecular weight excluding hydrogens is 487 g/mol. The van der Waals surface area contributed by atoms with Crippen LogP contribution in [-0.2, 0) is 10.0 Å². The molecule has 36 heavy (non-hydrogen) atoms. The van der Waals surface area contributed by atoms with E-state index in [1.807, 2.05) is 6.92 Å². The van der Waals surface area contributed by atoms with E-state index in [0.717, 1.165) is 0 Å². The van der Waals surface area contributed by atoms with Gasteiger partial charge in [-0.25, -0.2) is 22.8 Å². The standard InChI is InChI=1S/C24H25FN6O4S/c1-14(23-29-15(2)35-30-23)28-24-20-11-17(16-3-5-18(25)6-4-16)12-21(22(20)26-13-27-24)36(33,34)31-9-7-19(32)8-10-31/h3-6,11-14,19,32H,7-10H2,1-2H3,(H,26,27,28)/t14-/m1/s1. The maximum atomic E-state index is 13.8. The van der Waals surface area contributed by atoms with E-state index in [1.165, 1.54) is 22.8 Å². The van der Waals surface area contributed by atoms with E-state index in [4.69, 9.17) is 4.52 Å². The molecule has 5 rings (SSSR count). The molecule has 0 bridgehead atoms. The Bertz CT molecular complexity index is 1500. The number of nitrogens with one attached hydrogen (secondary N) is 1. The Morgan fingerprint density at radius 3 is 2.53 bits per heavy atom. The lowest BCUT2D eigenvalue weighted by Crippen LogP contribution is -2.40. The Kier molecular flexibility index (Phi) is 6.41. The summed E-state index contributed by atoms with van der Waals surface area (Å²) in [6.45, 7) is 3.93. The van der Waals surface area contributed by atoms with Gasteiger partial charge >= 0.3 is 0 Å². The Morgan fingerprint density at radius 2 is 1.86 bits per heavy atom. The summed E-state index contributed by atoms with van der Waals surface area (Å²) < 4.78 is 47.6. The number of hydrogen-bond acceptors (Lipinski definition) is 9. The number of piperidine rings is 1. The maximum Gasteiger partial charge on any atom is 0.245 e. The van der Waals surface area contributed by atoms with Crippen LogP contribution in [0.3, 0.4) is 0 Å². The number of rotatable bonds is 6. The zero-order valence-corrected chi connectivity index (χ0v) is 20.5. The zero-order valence-electron chi connectivity index (χ0n) is 19.7. The Morgan fingerprint density at radius 1 is 1.14 bits per heavy atom. The van der Waals surface area contributed by atoms with Crippen molar-refractivity contribution in [2.45, 2.75) is 43.7 Å². The molecule has 2 aromatic carbocycles. The highest BCUT2D eigenvalue weighted by Crippen LogP contribution is 2.35. The van der Waals surface area contributed by atoms with Crippen molar-refractivity contribution in [2.24, 2.45) is 0 Å². The molecule has 0 unspecified atom stereocenters. The lowest BCUT2D eigenvalue weighted by molar-refractivity contribution is 0.113. The molecule has 0 spiro atoms. The average molecular weight is 513 g/mol. The first kappa shape index (κ1) is 24.2. The molecule has 1 saturated heterocycles. The molecule has 4 aromatic rings. The van der Waals surface area contributed by atoms with Gasteiger partial charge in [-0.2, -0.15) is 9.29 Å². The number of halogens is 1. The fourth-order valence-corrected chi connectivity index (χ4v) is 5.89. The van der Waals surface area contributed by atoms with Crippen molar-refractivity contribution in [3.05, 3.63) is 60.3 Å². The van der Waals surface area contributed by atoms with Crippen molar-refractivity contribution < 1.29 is 22.4 Å². The number of aliphatic hydroxyl groups is 1. The van der Waals surface area contributed by atoms with Crippen molar-refractivity contribution in [3.8, 4) is 11.1 Å². The Hall–Kier alpha value is -3.48. The highest BCUT2D eigenvalue weighted by molar-refractivity contribution is 7.89. The second-order valence-corrected chi connectivity index (χ2v) is 10.7. The van der Waals surface area contributed by atoms with Gasteiger partial charge < -0.3 is 14.9 Å². The molecular formula is C24H25FN6O4S. The number of nitrogens with zero attached hydrogens (tertiary/aromatic N) is 5. The molecule has 0 aliphatic carbocycles. The summed E-state index contributed by atoms with van der Waals surface area (Å²) in [5.74, 6) is 0.845. The normalized spacial score (nSPS) is 16.3. The van der Waals surface area contributed by atoms with Gasteiger partial charge in [-0.05, 0) is 55.2 Å². The van der Waals surface area contributed by atoms with Crippen LogP contribution in [0.5, 0.6) is 0 Å². The number of sulfonamides is 1. The predicted octanol–water partition coefficient (Wildman–Crippen LogP) is 3.45. The van der Waals surface area contributed by atoms with Crippen molar-refractivity contribution in [1.29, 1.82) is 0 Å². The van der Waals surface area contributed by atoms with Crippen LogP contribution in [-0.4, -0.2) is 57.1 Å². The summed E-state index contributed by atoms with van der Waals surface area (Å²) in [5, 5.41) is 17.5. The molecule has 0 amide bonds. The lowest BCUT2D eigenvalue weighted by atomic mass is 10.0. The Labute approximate surface area is 207 Å². The van der Waals surface area contributed by atoms with Gasteiger partial charge in [0.25, 0.3) is 0 Å². The van der Waals surface area contributed by atoms with Gasteiger partial charge in [-0.1, -0.05) is 17.3 Å². The molecule has 2 aromatic heterocycles. The van der Waals surface area contributed by atoms with Gasteiger partial charge in [0.05, 0.1) is 17.7 Å². The van der Waals surface area contributed by atoms with Crippen molar-refractivity contribution in [1.82, 2.24) is 24.4 Å². The topological polar surface area (TPSA) is 134 Å². The fourth-order valence-electron chi connectivity index (χ4n) is 4.24. The summed E-state index contributed by atoms with van der Waals surface area (Å²) >= 11 is 0. The molecule has 1 aliphatic heterocycles. The third-order valence-electron chi connectivity index (χ3n) is 6.21. The molecule has 10 nitrogen and oxygen atoms in total. The first-order chi connectivity index (χ1) is 17.2. The zero-order chi connectivity index (χ0) is 25.4. The number of hydrogen-bond donors (Lipinski definition) is 2. The van der Waals surface area contributed by atoms with Crippen molar-refractivity contribution in [2.75, 3.05) is 18.4 Å². The van der Waals surface area contributed by atoms with E-state index in [0.29, 0.717) is 46.9 Å². The minimum absolute atomic E-state index is 0.0178. The largest absolute Gasteiger partial charge is 0.393 e. The number of anilines is 1. The maximum absolute atomic E-state index is 13.8. The number of aromatic nitrogens is 4. The summed E-state index contributed by atoms with van der Waals surface area (Å²) in [4.78, 5) is 13.0. The molecule has 188 valence electrons. The van der Waals surface area contributed by atoms with E-state index in [9.17, 15) is 17.9 Å².